The Morgan fingerprint density at radius 1 is 0.824 bits per heavy atom. The topological polar surface area (TPSA) is 54.0 Å². The van der Waals surface area contributed by atoms with E-state index in [4.69, 9.17) is 18.9 Å². The summed E-state index contributed by atoms with van der Waals surface area (Å²) in [6, 6.07) is 20.6. The molecule has 0 fully saturated rings. The third-order valence-electron chi connectivity index (χ3n) is 4.67. The van der Waals surface area contributed by atoms with E-state index in [0.717, 1.165) is 17.7 Å². The second kappa shape index (κ2) is 12.1. The first kappa shape index (κ1) is 25.1. The zero-order chi connectivity index (χ0) is 24.4. The highest BCUT2D eigenvalue weighted by molar-refractivity contribution is 5.74. The van der Waals surface area contributed by atoms with E-state index < -0.39 is 23.8 Å². The second-order valence-corrected chi connectivity index (χ2v) is 7.41. The molecule has 0 aliphatic heterocycles. The first-order valence-corrected chi connectivity index (χ1v) is 10.7. The van der Waals surface area contributed by atoms with Gasteiger partial charge in [-0.25, -0.2) is 4.79 Å². The molecular formula is C26H25F3O5. The van der Waals surface area contributed by atoms with Gasteiger partial charge in [-0.15, -0.1) is 0 Å². The molecule has 0 spiro atoms. The van der Waals surface area contributed by atoms with E-state index in [0.29, 0.717) is 31.1 Å². The summed E-state index contributed by atoms with van der Waals surface area (Å²) in [5.41, 5.74) is 0.335. The van der Waals surface area contributed by atoms with Crippen LogP contribution < -0.4 is 9.47 Å². The Morgan fingerprint density at radius 2 is 1.41 bits per heavy atom. The second-order valence-electron chi connectivity index (χ2n) is 7.41. The minimum absolute atomic E-state index is 0.223. The molecule has 0 aromatic heterocycles. The molecule has 0 amide bonds. The first-order valence-electron chi connectivity index (χ1n) is 10.7. The van der Waals surface area contributed by atoms with Gasteiger partial charge < -0.3 is 18.9 Å². The number of alkyl halides is 3. The molecular weight excluding hydrogens is 449 g/mol. The van der Waals surface area contributed by atoms with Crippen LogP contribution in [0.5, 0.6) is 17.2 Å². The Balaban J connectivity index is 1.36. The van der Waals surface area contributed by atoms with Crippen molar-refractivity contribution in [2.45, 2.75) is 32.2 Å². The molecule has 3 aromatic carbocycles. The number of esters is 1. The monoisotopic (exact) mass is 474 g/mol. The Hall–Kier alpha value is -3.52. The van der Waals surface area contributed by atoms with Crippen molar-refractivity contribution in [1.29, 1.82) is 0 Å². The molecule has 3 aromatic rings. The van der Waals surface area contributed by atoms with Crippen molar-refractivity contribution in [2.24, 2.45) is 0 Å². The Bertz CT molecular complexity index is 1020. The molecule has 0 heterocycles. The number of ether oxygens (including phenoxy) is 4. The first-order chi connectivity index (χ1) is 16.3. The fraction of sp³-hybridized carbons (Fsp3) is 0.269. The van der Waals surface area contributed by atoms with E-state index in [1.54, 1.807) is 31.2 Å². The summed E-state index contributed by atoms with van der Waals surface area (Å²) >= 11 is 0. The number of halogens is 3. The van der Waals surface area contributed by atoms with Crippen LogP contribution in [0.1, 0.15) is 24.5 Å². The van der Waals surface area contributed by atoms with Crippen LogP contribution in [0.25, 0.3) is 0 Å². The predicted molar refractivity (Wildman–Crippen MR) is 120 cm³/mol. The highest BCUT2D eigenvalue weighted by Gasteiger charge is 2.30. The lowest BCUT2D eigenvalue weighted by Gasteiger charge is -2.14. The van der Waals surface area contributed by atoms with Crippen LogP contribution in [0.2, 0.25) is 0 Å². The van der Waals surface area contributed by atoms with Gasteiger partial charge in [-0.05, 0) is 61.0 Å². The number of benzene rings is 3. The molecule has 3 rings (SSSR count). The van der Waals surface area contributed by atoms with Gasteiger partial charge in [-0.2, -0.15) is 13.2 Å². The van der Waals surface area contributed by atoms with Gasteiger partial charge >= 0.3 is 12.1 Å². The summed E-state index contributed by atoms with van der Waals surface area (Å²) in [7, 11) is 0. The highest BCUT2D eigenvalue weighted by atomic mass is 19.4. The van der Waals surface area contributed by atoms with Gasteiger partial charge in [0.15, 0.2) is 6.10 Å². The zero-order valence-corrected chi connectivity index (χ0v) is 18.6. The molecule has 0 aliphatic rings. The van der Waals surface area contributed by atoms with E-state index in [9.17, 15) is 18.0 Å². The van der Waals surface area contributed by atoms with Crippen LogP contribution >= 0.6 is 0 Å². The van der Waals surface area contributed by atoms with Gasteiger partial charge in [-0.3, -0.25) is 0 Å². The van der Waals surface area contributed by atoms with Crippen molar-refractivity contribution in [2.75, 3.05) is 13.2 Å². The fourth-order valence-corrected chi connectivity index (χ4v) is 2.90. The van der Waals surface area contributed by atoms with E-state index in [2.05, 4.69) is 0 Å². The van der Waals surface area contributed by atoms with Crippen LogP contribution in [-0.4, -0.2) is 25.3 Å². The Morgan fingerprint density at radius 3 is 2.03 bits per heavy atom. The largest absolute Gasteiger partial charge is 0.479 e. The van der Waals surface area contributed by atoms with E-state index in [-0.39, 0.29) is 12.4 Å². The molecule has 0 N–H and O–H groups in total. The number of carbonyl (C=O) groups is 1. The summed E-state index contributed by atoms with van der Waals surface area (Å²) in [5, 5.41) is 0. The van der Waals surface area contributed by atoms with Crippen molar-refractivity contribution in [3.8, 4) is 17.2 Å². The number of carbonyl (C=O) groups excluding carboxylic acids is 1. The van der Waals surface area contributed by atoms with Crippen LogP contribution in [0.15, 0.2) is 78.9 Å². The molecule has 180 valence electrons. The summed E-state index contributed by atoms with van der Waals surface area (Å²) in [4.78, 5) is 12.1. The molecule has 1 unspecified atom stereocenters. The molecule has 8 heteroatoms. The van der Waals surface area contributed by atoms with Crippen molar-refractivity contribution < 1.29 is 36.9 Å². The lowest BCUT2D eigenvalue weighted by molar-refractivity contribution is -0.151. The van der Waals surface area contributed by atoms with Crippen LogP contribution in [-0.2, 0) is 27.1 Å². The molecule has 5 nitrogen and oxygen atoms in total. The van der Waals surface area contributed by atoms with Gasteiger partial charge in [0.05, 0.1) is 25.4 Å². The minimum atomic E-state index is -4.40. The van der Waals surface area contributed by atoms with Crippen molar-refractivity contribution in [3.05, 3.63) is 90.0 Å². The molecule has 0 aliphatic carbocycles. The standard InChI is InChI=1S/C26H25F3O5/c1-19(25(30)32-17-5-16-31-18-20-6-3-2-4-7-20)33-22-12-14-24(15-13-22)34-23-10-8-21(9-11-23)26(27,28)29/h2-4,6-15,19H,5,16-18H2,1H3. The lowest BCUT2D eigenvalue weighted by Crippen LogP contribution is -2.26. The smallest absolute Gasteiger partial charge is 0.416 e. The van der Waals surface area contributed by atoms with Crippen molar-refractivity contribution in [1.82, 2.24) is 0 Å². The number of hydrogen-bond acceptors (Lipinski definition) is 5. The van der Waals surface area contributed by atoms with Gasteiger partial charge in [0.2, 0.25) is 0 Å². The van der Waals surface area contributed by atoms with Gasteiger partial charge in [0.25, 0.3) is 0 Å². The number of hydrogen-bond donors (Lipinski definition) is 0. The maximum Gasteiger partial charge on any atom is 0.416 e. The predicted octanol–water partition coefficient (Wildman–Crippen LogP) is 6.42. The molecule has 0 saturated carbocycles. The van der Waals surface area contributed by atoms with Crippen molar-refractivity contribution >= 4 is 5.97 Å². The van der Waals surface area contributed by atoms with E-state index >= 15 is 0 Å². The normalized spacial score (nSPS) is 12.1. The van der Waals surface area contributed by atoms with Crippen LogP contribution in [0.3, 0.4) is 0 Å². The van der Waals surface area contributed by atoms with Gasteiger partial charge in [-0.1, -0.05) is 30.3 Å². The Kier molecular flexibility index (Phi) is 8.93. The summed E-state index contributed by atoms with van der Waals surface area (Å²) in [5.74, 6) is 0.618. The van der Waals surface area contributed by atoms with Crippen LogP contribution in [0, 0.1) is 0 Å². The quantitative estimate of drug-likeness (QED) is 0.237. The van der Waals surface area contributed by atoms with Crippen molar-refractivity contribution in [3.63, 3.8) is 0 Å². The summed E-state index contributed by atoms with van der Waals surface area (Å²) < 4.78 is 59.8. The van der Waals surface area contributed by atoms with Crippen LogP contribution in [0.4, 0.5) is 13.2 Å². The number of rotatable bonds is 11. The molecule has 0 radical (unpaired) electrons. The molecule has 0 saturated heterocycles. The molecule has 1 atom stereocenters. The van der Waals surface area contributed by atoms with E-state index in [1.165, 1.54) is 12.1 Å². The average Bonchev–Trinajstić information content (AvgIpc) is 2.83. The zero-order valence-electron chi connectivity index (χ0n) is 18.6. The Labute approximate surface area is 196 Å². The lowest BCUT2D eigenvalue weighted by atomic mass is 10.2. The average molecular weight is 474 g/mol. The fourth-order valence-electron chi connectivity index (χ4n) is 2.90. The van der Waals surface area contributed by atoms with Gasteiger partial charge in [0.1, 0.15) is 17.2 Å². The molecule has 34 heavy (non-hydrogen) atoms. The molecule has 0 bridgehead atoms. The third kappa shape index (κ3) is 8.12. The van der Waals surface area contributed by atoms with Gasteiger partial charge in [0, 0.05) is 6.42 Å². The van der Waals surface area contributed by atoms with E-state index in [1.807, 2.05) is 30.3 Å². The SMILES string of the molecule is CC(Oc1ccc(Oc2ccc(C(F)(F)F)cc2)cc1)C(=O)OCCCOCc1ccccc1. The highest BCUT2D eigenvalue weighted by Crippen LogP contribution is 2.31. The maximum absolute atomic E-state index is 12.6. The minimum Gasteiger partial charge on any atom is -0.479 e. The maximum atomic E-state index is 12.6. The summed E-state index contributed by atoms with van der Waals surface area (Å²) in [6.45, 7) is 2.78. The summed E-state index contributed by atoms with van der Waals surface area (Å²) in [6.07, 6.45) is -4.64. The third-order valence-corrected chi connectivity index (χ3v) is 4.67.